The van der Waals surface area contributed by atoms with Gasteiger partial charge in [0.25, 0.3) is 0 Å². The summed E-state index contributed by atoms with van der Waals surface area (Å²) in [7, 11) is 4.27. The molecular weight excluding hydrogens is 323 g/mol. The molecule has 1 aromatic rings. The molecule has 3 heteroatoms. The first kappa shape index (κ1) is 14.9. The summed E-state index contributed by atoms with van der Waals surface area (Å²) in [5, 5.41) is 3.57. The molecule has 0 heterocycles. The number of rotatable bonds is 7. The van der Waals surface area contributed by atoms with Gasteiger partial charge < -0.3 is 10.2 Å². The smallest absolute Gasteiger partial charge is 0.0130 e. The summed E-state index contributed by atoms with van der Waals surface area (Å²) in [4.78, 5) is 2.25. The van der Waals surface area contributed by atoms with Crippen molar-refractivity contribution in [1.29, 1.82) is 0 Å². The van der Waals surface area contributed by atoms with Gasteiger partial charge in [-0.1, -0.05) is 19.1 Å². The SMILES string of the molecule is CCNC(CCN(C)C)Cc1ccc(I)cc1. The molecule has 0 aliphatic heterocycles. The molecule has 1 unspecified atom stereocenters. The summed E-state index contributed by atoms with van der Waals surface area (Å²) in [6.45, 7) is 4.36. The molecule has 0 radical (unpaired) electrons. The van der Waals surface area contributed by atoms with Crippen molar-refractivity contribution in [1.82, 2.24) is 10.2 Å². The van der Waals surface area contributed by atoms with Crippen LogP contribution in [0.3, 0.4) is 0 Å². The van der Waals surface area contributed by atoms with E-state index in [9.17, 15) is 0 Å². The summed E-state index contributed by atoms with van der Waals surface area (Å²) in [5.41, 5.74) is 1.43. The van der Waals surface area contributed by atoms with Crippen LogP contribution in [0.1, 0.15) is 18.9 Å². The van der Waals surface area contributed by atoms with Gasteiger partial charge in [0.1, 0.15) is 0 Å². The number of halogens is 1. The lowest BCUT2D eigenvalue weighted by Gasteiger charge is -2.20. The number of nitrogens with one attached hydrogen (secondary N) is 1. The fourth-order valence-corrected chi connectivity index (χ4v) is 2.24. The zero-order valence-electron chi connectivity index (χ0n) is 11.0. The first-order valence-corrected chi connectivity index (χ1v) is 7.32. The Hall–Kier alpha value is -0.130. The van der Waals surface area contributed by atoms with Gasteiger partial charge >= 0.3 is 0 Å². The Morgan fingerprint density at radius 1 is 1.24 bits per heavy atom. The molecule has 1 rings (SSSR count). The van der Waals surface area contributed by atoms with Gasteiger partial charge in [0, 0.05) is 9.61 Å². The Morgan fingerprint density at radius 2 is 1.88 bits per heavy atom. The molecular formula is C14H23IN2. The minimum atomic E-state index is 0.586. The fraction of sp³-hybridized carbons (Fsp3) is 0.571. The first-order valence-electron chi connectivity index (χ1n) is 6.24. The summed E-state index contributed by atoms with van der Waals surface area (Å²) in [6.07, 6.45) is 2.32. The van der Waals surface area contributed by atoms with E-state index in [0.29, 0.717) is 6.04 Å². The van der Waals surface area contributed by atoms with E-state index in [2.05, 4.69) is 78.1 Å². The van der Waals surface area contributed by atoms with Gasteiger partial charge in [-0.15, -0.1) is 0 Å². The number of nitrogens with zero attached hydrogens (tertiary/aromatic N) is 1. The van der Waals surface area contributed by atoms with Crippen LogP contribution < -0.4 is 5.32 Å². The van der Waals surface area contributed by atoms with Gasteiger partial charge in [0.2, 0.25) is 0 Å². The summed E-state index contributed by atoms with van der Waals surface area (Å²) in [6, 6.07) is 9.43. The molecule has 96 valence electrons. The number of likely N-dealkylation sites (N-methyl/N-ethyl adjacent to an activating group) is 1. The lowest BCUT2D eigenvalue weighted by molar-refractivity contribution is 0.358. The quantitative estimate of drug-likeness (QED) is 0.764. The summed E-state index contributed by atoms with van der Waals surface area (Å²) in [5.74, 6) is 0. The van der Waals surface area contributed by atoms with Crippen LogP contribution in [0.15, 0.2) is 24.3 Å². The van der Waals surface area contributed by atoms with Crippen molar-refractivity contribution < 1.29 is 0 Å². The third kappa shape index (κ3) is 6.38. The topological polar surface area (TPSA) is 15.3 Å². The van der Waals surface area contributed by atoms with Crippen LogP contribution in [0.4, 0.5) is 0 Å². The number of hydrogen-bond acceptors (Lipinski definition) is 2. The molecule has 0 aliphatic carbocycles. The number of hydrogen-bond donors (Lipinski definition) is 1. The van der Waals surface area contributed by atoms with Gasteiger partial charge in [0.05, 0.1) is 0 Å². The molecule has 0 amide bonds. The predicted octanol–water partition coefficient (Wildman–Crippen LogP) is 2.76. The van der Waals surface area contributed by atoms with Crippen LogP contribution in [0.2, 0.25) is 0 Å². The first-order chi connectivity index (χ1) is 8.11. The second-order valence-electron chi connectivity index (χ2n) is 4.68. The second-order valence-corrected chi connectivity index (χ2v) is 5.92. The van der Waals surface area contributed by atoms with Gasteiger partial charge in [-0.2, -0.15) is 0 Å². The van der Waals surface area contributed by atoms with Crippen LogP contribution in [0.25, 0.3) is 0 Å². The van der Waals surface area contributed by atoms with E-state index in [-0.39, 0.29) is 0 Å². The Balaban J connectivity index is 2.50. The van der Waals surface area contributed by atoms with Gasteiger partial charge in [-0.3, -0.25) is 0 Å². The van der Waals surface area contributed by atoms with Crippen LogP contribution in [0.5, 0.6) is 0 Å². The Bertz CT molecular complexity index is 309. The van der Waals surface area contributed by atoms with E-state index in [0.717, 1.165) is 19.5 Å². The molecule has 1 N–H and O–H groups in total. The van der Waals surface area contributed by atoms with E-state index in [1.165, 1.54) is 15.6 Å². The molecule has 0 spiro atoms. The monoisotopic (exact) mass is 346 g/mol. The molecule has 17 heavy (non-hydrogen) atoms. The van der Waals surface area contributed by atoms with Crippen molar-refractivity contribution in [2.45, 2.75) is 25.8 Å². The maximum absolute atomic E-state index is 3.57. The zero-order valence-corrected chi connectivity index (χ0v) is 13.2. The fourth-order valence-electron chi connectivity index (χ4n) is 1.88. The van der Waals surface area contributed by atoms with Crippen LogP contribution >= 0.6 is 22.6 Å². The molecule has 1 atom stereocenters. The molecule has 0 fully saturated rings. The Labute approximate surface area is 119 Å². The van der Waals surface area contributed by atoms with Crippen LogP contribution in [0, 0.1) is 3.57 Å². The van der Waals surface area contributed by atoms with E-state index in [1.54, 1.807) is 0 Å². The van der Waals surface area contributed by atoms with Crippen LogP contribution in [-0.2, 0) is 6.42 Å². The van der Waals surface area contributed by atoms with Crippen molar-refractivity contribution in [2.75, 3.05) is 27.2 Å². The summed E-state index contributed by atoms with van der Waals surface area (Å²) >= 11 is 2.35. The lowest BCUT2D eigenvalue weighted by atomic mass is 10.0. The standard InChI is InChI=1S/C14H23IN2/c1-4-16-14(9-10-17(2)3)11-12-5-7-13(15)8-6-12/h5-8,14,16H,4,9-11H2,1-3H3. The normalized spacial score (nSPS) is 13.0. The molecule has 0 saturated carbocycles. The minimum absolute atomic E-state index is 0.586. The minimum Gasteiger partial charge on any atom is -0.314 e. The largest absolute Gasteiger partial charge is 0.314 e. The van der Waals surface area contributed by atoms with Gasteiger partial charge in [-0.05, 0) is 80.3 Å². The molecule has 0 aliphatic rings. The molecule has 1 aromatic carbocycles. The highest BCUT2D eigenvalue weighted by Crippen LogP contribution is 2.10. The Kier molecular flexibility index (Phi) is 7.08. The van der Waals surface area contributed by atoms with E-state index in [1.807, 2.05) is 0 Å². The number of benzene rings is 1. The van der Waals surface area contributed by atoms with Crippen molar-refractivity contribution in [2.24, 2.45) is 0 Å². The Morgan fingerprint density at radius 3 is 2.41 bits per heavy atom. The second kappa shape index (κ2) is 8.06. The van der Waals surface area contributed by atoms with E-state index < -0.39 is 0 Å². The maximum atomic E-state index is 3.57. The van der Waals surface area contributed by atoms with Crippen molar-refractivity contribution in [3.8, 4) is 0 Å². The van der Waals surface area contributed by atoms with E-state index in [4.69, 9.17) is 0 Å². The molecule has 0 bridgehead atoms. The lowest BCUT2D eigenvalue weighted by Crippen LogP contribution is -2.34. The molecule has 0 saturated heterocycles. The van der Waals surface area contributed by atoms with Crippen LogP contribution in [-0.4, -0.2) is 38.1 Å². The third-order valence-electron chi connectivity index (χ3n) is 2.81. The highest BCUT2D eigenvalue weighted by molar-refractivity contribution is 14.1. The average molecular weight is 346 g/mol. The summed E-state index contributed by atoms with van der Waals surface area (Å²) < 4.78 is 1.31. The maximum Gasteiger partial charge on any atom is 0.0130 e. The zero-order chi connectivity index (χ0) is 12.7. The average Bonchev–Trinajstić information content (AvgIpc) is 2.29. The third-order valence-corrected chi connectivity index (χ3v) is 3.53. The highest BCUT2D eigenvalue weighted by Gasteiger charge is 2.08. The van der Waals surface area contributed by atoms with Gasteiger partial charge in [0.15, 0.2) is 0 Å². The highest BCUT2D eigenvalue weighted by atomic mass is 127. The van der Waals surface area contributed by atoms with Gasteiger partial charge in [-0.25, -0.2) is 0 Å². The van der Waals surface area contributed by atoms with Crippen molar-refractivity contribution >= 4 is 22.6 Å². The van der Waals surface area contributed by atoms with E-state index >= 15 is 0 Å². The van der Waals surface area contributed by atoms with Crippen molar-refractivity contribution in [3.05, 3.63) is 33.4 Å². The molecule has 2 nitrogen and oxygen atoms in total. The molecule has 0 aromatic heterocycles. The van der Waals surface area contributed by atoms with Crippen molar-refractivity contribution in [3.63, 3.8) is 0 Å². The predicted molar refractivity (Wildman–Crippen MR) is 83.5 cm³/mol.